The number of benzene rings is 1. The van der Waals surface area contributed by atoms with Gasteiger partial charge in [-0.05, 0) is 42.0 Å². The van der Waals surface area contributed by atoms with Crippen LogP contribution in [0.2, 0.25) is 0 Å². The molecule has 0 bridgehead atoms. The van der Waals surface area contributed by atoms with E-state index < -0.39 is 0 Å². The van der Waals surface area contributed by atoms with E-state index in [1.165, 1.54) is 23.8 Å². The lowest BCUT2D eigenvalue weighted by atomic mass is 10.2. The highest BCUT2D eigenvalue weighted by Crippen LogP contribution is 2.39. The minimum Gasteiger partial charge on any atom is -0.303 e. The summed E-state index contributed by atoms with van der Waals surface area (Å²) in [7, 11) is 0. The lowest BCUT2D eigenvalue weighted by molar-refractivity contribution is 0.626. The maximum Gasteiger partial charge on any atom is 0.191 e. The second kappa shape index (κ2) is 6.45. The Balaban J connectivity index is 1.53. The summed E-state index contributed by atoms with van der Waals surface area (Å²) in [6, 6.07) is 11.5. The normalized spacial score (nSPS) is 14.3. The number of thioether (sulfide) groups is 1. The summed E-state index contributed by atoms with van der Waals surface area (Å²) < 4.78 is 15.6. The van der Waals surface area contributed by atoms with Crippen molar-refractivity contribution in [2.45, 2.75) is 36.2 Å². The predicted molar refractivity (Wildman–Crippen MR) is 91.4 cm³/mol. The number of hydrogen-bond donors (Lipinski definition) is 0. The first-order valence-corrected chi connectivity index (χ1v) is 9.49. The molecule has 2 heterocycles. The summed E-state index contributed by atoms with van der Waals surface area (Å²) in [5, 5.41) is 11.8. The van der Waals surface area contributed by atoms with Crippen LogP contribution in [0.15, 0.2) is 46.9 Å². The highest BCUT2D eigenvalue weighted by Gasteiger charge is 2.29. The molecular weight excluding hydrogens is 329 g/mol. The predicted octanol–water partition coefficient (Wildman–Crippen LogP) is 4.70. The molecule has 3 nitrogen and oxygen atoms in total. The molecule has 1 saturated carbocycles. The first-order chi connectivity index (χ1) is 11.3. The number of rotatable bonds is 6. The van der Waals surface area contributed by atoms with Crippen molar-refractivity contribution >= 4 is 23.1 Å². The highest BCUT2D eigenvalue weighted by molar-refractivity contribution is 7.98. The van der Waals surface area contributed by atoms with Crippen LogP contribution in [0, 0.1) is 5.82 Å². The monoisotopic (exact) mass is 345 g/mol. The van der Waals surface area contributed by atoms with E-state index in [1.54, 1.807) is 35.2 Å². The van der Waals surface area contributed by atoms with Gasteiger partial charge in [-0.2, -0.15) is 0 Å². The van der Waals surface area contributed by atoms with Gasteiger partial charge in [0.25, 0.3) is 0 Å². The Morgan fingerprint density at radius 2 is 2.13 bits per heavy atom. The minimum absolute atomic E-state index is 0.190. The molecule has 0 N–H and O–H groups in total. The van der Waals surface area contributed by atoms with Gasteiger partial charge in [0.2, 0.25) is 0 Å². The molecular formula is C17H16FN3S2. The van der Waals surface area contributed by atoms with Gasteiger partial charge in [-0.15, -0.1) is 21.5 Å². The molecule has 1 aliphatic rings. The van der Waals surface area contributed by atoms with Crippen LogP contribution >= 0.6 is 23.1 Å². The van der Waals surface area contributed by atoms with Gasteiger partial charge in [-0.25, -0.2) is 4.39 Å². The Hall–Kier alpha value is -1.66. The average Bonchev–Trinajstić information content (AvgIpc) is 3.10. The molecule has 6 heteroatoms. The van der Waals surface area contributed by atoms with E-state index in [1.807, 2.05) is 6.07 Å². The van der Waals surface area contributed by atoms with E-state index in [2.05, 4.69) is 32.3 Å². The van der Waals surface area contributed by atoms with Gasteiger partial charge in [0, 0.05) is 23.1 Å². The highest BCUT2D eigenvalue weighted by atomic mass is 32.2. The molecule has 0 saturated heterocycles. The van der Waals surface area contributed by atoms with Crippen LogP contribution in [0.5, 0.6) is 0 Å². The van der Waals surface area contributed by atoms with E-state index in [0.717, 1.165) is 23.0 Å². The third-order valence-electron chi connectivity index (χ3n) is 3.82. The molecule has 23 heavy (non-hydrogen) atoms. The molecule has 0 unspecified atom stereocenters. The summed E-state index contributed by atoms with van der Waals surface area (Å²) in [6.45, 7) is 0. The molecule has 4 rings (SSSR count). The fraction of sp³-hybridized carbons (Fsp3) is 0.294. The zero-order valence-corrected chi connectivity index (χ0v) is 14.1. The Kier molecular flexibility index (Phi) is 4.18. The van der Waals surface area contributed by atoms with E-state index >= 15 is 0 Å². The fourth-order valence-corrected chi connectivity index (χ4v) is 4.24. The fourth-order valence-electron chi connectivity index (χ4n) is 2.57. The van der Waals surface area contributed by atoms with Crippen LogP contribution in [0.3, 0.4) is 0 Å². The van der Waals surface area contributed by atoms with Crippen LogP contribution in [-0.2, 0) is 12.2 Å². The molecule has 0 spiro atoms. The van der Waals surface area contributed by atoms with Crippen molar-refractivity contribution < 1.29 is 4.39 Å². The maximum absolute atomic E-state index is 13.3. The van der Waals surface area contributed by atoms with Crippen LogP contribution < -0.4 is 0 Å². The van der Waals surface area contributed by atoms with E-state index in [4.69, 9.17) is 0 Å². The van der Waals surface area contributed by atoms with Crippen LogP contribution in [0.4, 0.5) is 4.39 Å². The minimum atomic E-state index is -0.190. The zero-order chi connectivity index (χ0) is 15.6. The van der Waals surface area contributed by atoms with Crippen LogP contribution in [0.25, 0.3) is 0 Å². The van der Waals surface area contributed by atoms with Crippen molar-refractivity contribution in [2.24, 2.45) is 0 Å². The van der Waals surface area contributed by atoms with Gasteiger partial charge in [-0.3, -0.25) is 0 Å². The molecule has 0 atom stereocenters. The Labute approximate surface area is 142 Å². The topological polar surface area (TPSA) is 30.7 Å². The quantitative estimate of drug-likeness (QED) is 0.607. The molecule has 0 radical (unpaired) electrons. The first kappa shape index (κ1) is 14.9. The van der Waals surface area contributed by atoms with Crippen LogP contribution in [-0.4, -0.2) is 14.8 Å². The summed E-state index contributed by atoms with van der Waals surface area (Å²) in [4.78, 5) is 1.31. The van der Waals surface area contributed by atoms with Crippen molar-refractivity contribution in [3.8, 4) is 0 Å². The summed E-state index contributed by atoms with van der Waals surface area (Å²) in [6.07, 6.45) is 3.23. The van der Waals surface area contributed by atoms with Crippen molar-refractivity contribution in [2.75, 3.05) is 0 Å². The summed E-state index contributed by atoms with van der Waals surface area (Å²) >= 11 is 3.39. The molecule has 3 aromatic rings. The number of aromatic nitrogens is 3. The lowest BCUT2D eigenvalue weighted by Crippen LogP contribution is -2.03. The van der Waals surface area contributed by atoms with E-state index in [0.29, 0.717) is 11.8 Å². The third kappa shape index (κ3) is 3.48. The maximum atomic E-state index is 13.3. The second-order valence-electron chi connectivity index (χ2n) is 5.67. The molecule has 1 fully saturated rings. The SMILES string of the molecule is Fc1cccc(CSc2nnc(Cc3cccs3)n2C2CC2)c1. The van der Waals surface area contributed by atoms with Gasteiger partial charge in [0.1, 0.15) is 11.6 Å². The lowest BCUT2D eigenvalue weighted by Gasteiger charge is -2.08. The third-order valence-corrected chi connectivity index (χ3v) is 5.71. The van der Waals surface area contributed by atoms with Crippen LogP contribution in [0.1, 0.15) is 35.1 Å². The van der Waals surface area contributed by atoms with Crippen molar-refractivity contribution in [1.82, 2.24) is 14.8 Å². The molecule has 1 aliphatic carbocycles. The molecule has 0 amide bonds. The first-order valence-electron chi connectivity index (χ1n) is 7.63. The largest absolute Gasteiger partial charge is 0.303 e. The van der Waals surface area contributed by atoms with Gasteiger partial charge in [-0.1, -0.05) is 30.0 Å². The van der Waals surface area contributed by atoms with E-state index in [-0.39, 0.29) is 5.82 Å². The van der Waals surface area contributed by atoms with E-state index in [9.17, 15) is 4.39 Å². The van der Waals surface area contributed by atoms with Crippen molar-refractivity contribution in [1.29, 1.82) is 0 Å². The Morgan fingerprint density at radius 3 is 2.87 bits per heavy atom. The standard InChI is InChI=1S/C17H16FN3S2/c18-13-4-1-3-12(9-13)11-23-17-20-19-16(21(17)14-6-7-14)10-15-5-2-8-22-15/h1-5,8-9,14H,6-7,10-11H2. The summed E-state index contributed by atoms with van der Waals surface area (Å²) in [5.41, 5.74) is 0.972. The Morgan fingerprint density at radius 1 is 1.22 bits per heavy atom. The molecule has 1 aromatic carbocycles. The number of halogens is 1. The number of nitrogens with zero attached hydrogens (tertiary/aromatic N) is 3. The average molecular weight is 345 g/mol. The number of thiophene rings is 1. The molecule has 2 aromatic heterocycles. The Bertz CT molecular complexity index is 794. The smallest absolute Gasteiger partial charge is 0.191 e. The van der Waals surface area contributed by atoms with Gasteiger partial charge in [0.15, 0.2) is 5.16 Å². The zero-order valence-electron chi connectivity index (χ0n) is 12.5. The summed E-state index contributed by atoms with van der Waals surface area (Å²) in [5.74, 6) is 1.56. The van der Waals surface area contributed by atoms with Gasteiger partial charge < -0.3 is 4.57 Å². The number of hydrogen-bond acceptors (Lipinski definition) is 4. The van der Waals surface area contributed by atoms with Gasteiger partial charge in [0.05, 0.1) is 0 Å². The second-order valence-corrected chi connectivity index (χ2v) is 7.65. The van der Waals surface area contributed by atoms with Gasteiger partial charge >= 0.3 is 0 Å². The van der Waals surface area contributed by atoms with Crippen molar-refractivity contribution in [3.05, 3.63) is 63.9 Å². The molecule has 118 valence electrons. The van der Waals surface area contributed by atoms with Crippen molar-refractivity contribution in [3.63, 3.8) is 0 Å². The molecule has 0 aliphatic heterocycles.